The first-order valence-corrected chi connectivity index (χ1v) is 16.6. The highest BCUT2D eigenvalue weighted by molar-refractivity contribution is 6.09. The second-order valence-electron chi connectivity index (χ2n) is 12.4. The van der Waals surface area contributed by atoms with Gasteiger partial charge in [0.15, 0.2) is 0 Å². The number of rotatable bonds is 5. The summed E-state index contributed by atoms with van der Waals surface area (Å²) in [5.74, 6) is 0. The molecule has 4 aromatic carbocycles. The summed E-state index contributed by atoms with van der Waals surface area (Å²) < 4.78 is 4.51. The quantitative estimate of drug-likeness (QED) is 0.188. The Bertz CT molecular complexity index is 2740. The number of aromatic nitrogens is 6. The minimum Gasteiger partial charge on any atom is -0.308 e. The molecule has 0 N–H and O–H groups in total. The summed E-state index contributed by atoms with van der Waals surface area (Å²) >= 11 is 0. The van der Waals surface area contributed by atoms with Gasteiger partial charge in [-0.05, 0) is 77.9 Å². The molecule has 0 amide bonds. The van der Waals surface area contributed by atoms with E-state index in [-0.39, 0.29) is 0 Å². The molecule has 0 unspecified atom stereocenters. The topological polar surface area (TPSA) is 61.4 Å². The van der Waals surface area contributed by atoms with Crippen molar-refractivity contribution in [1.82, 2.24) is 29.1 Å². The Balaban J connectivity index is 0.920. The highest BCUT2D eigenvalue weighted by Crippen LogP contribution is 2.34. The van der Waals surface area contributed by atoms with Crippen LogP contribution in [0.3, 0.4) is 0 Å². The summed E-state index contributed by atoms with van der Waals surface area (Å²) in [7, 11) is 0. The maximum Gasteiger partial charge on any atom is 0.145 e. The van der Waals surface area contributed by atoms with E-state index in [9.17, 15) is 0 Å². The average molecular weight is 641 g/mol. The van der Waals surface area contributed by atoms with Gasteiger partial charge in [0, 0.05) is 68.8 Å². The summed E-state index contributed by atoms with van der Waals surface area (Å²) in [5.41, 5.74) is 12.5. The number of benzene rings is 4. The molecular weight excluding hydrogens is 613 g/mol. The minimum atomic E-state index is 0.832. The van der Waals surface area contributed by atoms with Crippen molar-refractivity contribution in [3.05, 3.63) is 171 Å². The largest absolute Gasteiger partial charge is 0.308 e. The van der Waals surface area contributed by atoms with Gasteiger partial charge in [-0.15, -0.1) is 0 Å². The first-order valence-electron chi connectivity index (χ1n) is 16.6. The summed E-state index contributed by atoms with van der Waals surface area (Å²) in [6.07, 6.45) is 9.50. The summed E-state index contributed by atoms with van der Waals surface area (Å²) in [6, 6.07) is 48.7. The van der Waals surface area contributed by atoms with Gasteiger partial charge in [-0.25, -0.2) is 4.98 Å². The standard InChI is InChI=1S/C44H28N6/c1-3-12-41-35(9-1)37-22-24-45-28-43(37)49(41)33-18-14-29(15-19-33)31-16-20-39(47-26-31)40-21-17-32(27-48-40)30-7-5-8-34(25-30)50-42-13-4-2-10-36(42)38-11-6-23-46-44(38)50/h1-28H. The summed E-state index contributed by atoms with van der Waals surface area (Å²) in [6.45, 7) is 0. The maximum atomic E-state index is 4.82. The first kappa shape index (κ1) is 28.1. The van der Waals surface area contributed by atoms with E-state index in [1.165, 1.54) is 21.7 Å². The van der Waals surface area contributed by atoms with E-state index >= 15 is 0 Å². The molecular formula is C44H28N6. The van der Waals surface area contributed by atoms with Crippen LogP contribution in [0.2, 0.25) is 0 Å². The van der Waals surface area contributed by atoms with Gasteiger partial charge in [-0.3, -0.25) is 19.5 Å². The fourth-order valence-corrected chi connectivity index (χ4v) is 7.21. The number of pyridine rings is 4. The zero-order chi connectivity index (χ0) is 33.0. The third-order valence-corrected chi connectivity index (χ3v) is 9.60. The van der Waals surface area contributed by atoms with Gasteiger partial charge in [0.05, 0.1) is 34.1 Å². The molecule has 0 aliphatic rings. The Kier molecular flexibility index (Phi) is 6.39. The molecule has 6 nitrogen and oxygen atoms in total. The van der Waals surface area contributed by atoms with Crippen LogP contribution in [0.4, 0.5) is 0 Å². The van der Waals surface area contributed by atoms with E-state index in [0.29, 0.717) is 0 Å². The molecule has 0 aliphatic carbocycles. The Hall–Kier alpha value is -6.92. The predicted octanol–water partition coefficient (Wildman–Crippen LogP) is 10.5. The Morgan fingerprint density at radius 2 is 1.00 bits per heavy atom. The molecule has 0 spiro atoms. The monoisotopic (exact) mass is 640 g/mol. The van der Waals surface area contributed by atoms with Gasteiger partial charge in [0.25, 0.3) is 0 Å². The molecule has 6 aromatic heterocycles. The number of hydrogen-bond donors (Lipinski definition) is 0. The fourth-order valence-electron chi connectivity index (χ4n) is 7.21. The number of para-hydroxylation sites is 2. The van der Waals surface area contributed by atoms with Crippen molar-refractivity contribution in [2.75, 3.05) is 0 Å². The molecule has 0 atom stereocenters. The summed E-state index contributed by atoms with van der Waals surface area (Å²) in [4.78, 5) is 18.8. The Labute approximate surface area is 287 Å². The van der Waals surface area contributed by atoms with Gasteiger partial charge in [-0.2, -0.15) is 0 Å². The lowest BCUT2D eigenvalue weighted by molar-refractivity contribution is 1.14. The van der Waals surface area contributed by atoms with Crippen LogP contribution < -0.4 is 0 Å². The van der Waals surface area contributed by atoms with Gasteiger partial charge < -0.3 is 4.57 Å². The van der Waals surface area contributed by atoms with Crippen LogP contribution in [0.1, 0.15) is 0 Å². The molecule has 0 bridgehead atoms. The van der Waals surface area contributed by atoms with Gasteiger partial charge in [0.2, 0.25) is 0 Å². The molecule has 0 radical (unpaired) electrons. The second kappa shape index (κ2) is 11.4. The lowest BCUT2D eigenvalue weighted by atomic mass is 10.0. The summed E-state index contributed by atoms with van der Waals surface area (Å²) in [5, 5.41) is 4.76. The SMILES string of the molecule is c1cc(-c2ccc(-c3ccc(-c4ccc(-n5c6ccccc6c6ccncc65)cc4)cn3)nc2)cc(-n2c3ccccc3c3cccnc32)c1. The van der Waals surface area contributed by atoms with Gasteiger partial charge in [0.1, 0.15) is 5.65 Å². The Morgan fingerprint density at radius 1 is 0.360 bits per heavy atom. The molecule has 0 saturated heterocycles. The van der Waals surface area contributed by atoms with Crippen LogP contribution in [0.25, 0.3) is 88.8 Å². The Morgan fingerprint density at radius 3 is 1.74 bits per heavy atom. The van der Waals surface area contributed by atoms with Crippen molar-refractivity contribution < 1.29 is 0 Å². The normalized spacial score (nSPS) is 11.6. The van der Waals surface area contributed by atoms with Crippen molar-refractivity contribution in [3.8, 4) is 45.0 Å². The second-order valence-corrected chi connectivity index (χ2v) is 12.4. The van der Waals surface area contributed by atoms with Crippen LogP contribution in [0, 0.1) is 0 Å². The zero-order valence-electron chi connectivity index (χ0n) is 26.8. The van der Waals surface area contributed by atoms with Crippen molar-refractivity contribution in [2.24, 2.45) is 0 Å². The van der Waals surface area contributed by atoms with Crippen molar-refractivity contribution in [2.45, 2.75) is 0 Å². The van der Waals surface area contributed by atoms with E-state index in [0.717, 1.165) is 67.1 Å². The third-order valence-electron chi connectivity index (χ3n) is 9.60. The van der Waals surface area contributed by atoms with Crippen LogP contribution in [-0.4, -0.2) is 29.1 Å². The molecule has 50 heavy (non-hydrogen) atoms. The molecule has 10 rings (SSSR count). The fraction of sp³-hybridized carbons (Fsp3) is 0. The third kappa shape index (κ3) is 4.50. The van der Waals surface area contributed by atoms with E-state index in [4.69, 9.17) is 15.0 Å². The van der Waals surface area contributed by atoms with Crippen LogP contribution in [0.15, 0.2) is 171 Å². The highest BCUT2D eigenvalue weighted by atomic mass is 15.0. The van der Waals surface area contributed by atoms with Crippen molar-refractivity contribution in [3.63, 3.8) is 0 Å². The van der Waals surface area contributed by atoms with E-state index in [1.54, 1.807) is 0 Å². The number of hydrogen-bond acceptors (Lipinski definition) is 4. The van der Waals surface area contributed by atoms with Crippen molar-refractivity contribution >= 4 is 43.7 Å². The molecule has 0 aliphatic heterocycles. The molecule has 6 heteroatoms. The number of fused-ring (bicyclic) bond motifs is 6. The first-order chi connectivity index (χ1) is 24.8. The molecule has 10 aromatic rings. The van der Waals surface area contributed by atoms with E-state index < -0.39 is 0 Å². The molecule has 234 valence electrons. The van der Waals surface area contributed by atoms with Crippen LogP contribution >= 0.6 is 0 Å². The van der Waals surface area contributed by atoms with Crippen molar-refractivity contribution in [1.29, 1.82) is 0 Å². The zero-order valence-corrected chi connectivity index (χ0v) is 26.8. The lowest BCUT2D eigenvalue weighted by Crippen LogP contribution is -1.96. The van der Waals surface area contributed by atoms with E-state index in [1.807, 2.05) is 49.2 Å². The van der Waals surface area contributed by atoms with Crippen LogP contribution in [-0.2, 0) is 0 Å². The number of nitrogens with zero attached hydrogens (tertiary/aromatic N) is 6. The predicted molar refractivity (Wildman–Crippen MR) is 203 cm³/mol. The maximum absolute atomic E-state index is 4.82. The smallest absolute Gasteiger partial charge is 0.145 e. The lowest BCUT2D eigenvalue weighted by Gasteiger charge is -2.10. The van der Waals surface area contributed by atoms with Crippen LogP contribution in [0.5, 0.6) is 0 Å². The van der Waals surface area contributed by atoms with E-state index in [2.05, 4.69) is 135 Å². The minimum absolute atomic E-state index is 0.832. The molecule has 0 saturated carbocycles. The van der Waals surface area contributed by atoms with Gasteiger partial charge in [-0.1, -0.05) is 72.8 Å². The van der Waals surface area contributed by atoms with Gasteiger partial charge >= 0.3 is 0 Å². The molecule has 6 heterocycles. The molecule has 0 fully saturated rings. The average Bonchev–Trinajstić information content (AvgIpc) is 3.71. The highest BCUT2D eigenvalue weighted by Gasteiger charge is 2.14.